The van der Waals surface area contributed by atoms with Gasteiger partial charge in [-0.25, -0.2) is 9.80 Å². The number of imide groups is 1. The van der Waals surface area contributed by atoms with Gasteiger partial charge in [-0.1, -0.05) is 0 Å². The molecule has 2 atom stereocenters. The first kappa shape index (κ1) is 18.4. The molecule has 0 unspecified atom stereocenters. The van der Waals surface area contributed by atoms with Crippen molar-refractivity contribution in [2.75, 3.05) is 19.7 Å². The van der Waals surface area contributed by atoms with Gasteiger partial charge in [0.05, 0.1) is 6.61 Å². The van der Waals surface area contributed by atoms with Crippen molar-refractivity contribution in [3.8, 4) is 5.75 Å². The van der Waals surface area contributed by atoms with Crippen LogP contribution < -0.4 is 10.1 Å². The average Bonchev–Trinajstić information content (AvgIpc) is 3.16. The van der Waals surface area contributed by atoms with Crippen LogP contribution in [-0.2, 0) is 4.79 Å². The minimum Gasteiger partial charge on any atom is -0.494 e. The Labute approximate surface area is 153 Å². The molecule has 2 saturated heterocycles. The highest BCUT2D eigenvalue weighted by Gasteiger charge is 2.41. The fourth-order valence-corrected chi connectivity index (χ4v) is 3.44. The van der Waals surface area contributed by atoms with E-state index < -0.39 is 6.04 Å². The normalized spacial score (nSPS) is 23.4. The molecular formula is C19H25N3O4. The fraction of sp³-hybridized carbons (Fsp3) is 0.526. The van der Waals surface area contributed by atoms with Crippen LogP contribution in [0.2, 0.25) is 0 Å². The van der Waals surface area contributed by atoms with Crippen molar-refractivity contribution in [2.24, 2.45) is 5.92 Å². The van der Waals surface area contributed by atoms with E-state index in [2.05, 4.69) is 5.32 Å². The quantitative estimate of drug-likeness (QED) is 0.459. The van der Waals surface area contributed by atoms with Crippen LogP contribution in [0.15, 0.2) is 24.3 Å². The molecule has 0 saturated carbocycles. The van der Waals surface area contributed by atoms with Crippen LogP contribution >= 0.6 is 0 Å². The van der Waals surface area contributed by atoms with E-state index >= 15 is 0 Å². The van der Waals surface area contributed by atoms with E-state index in [4.69, 9.17) is 4.74 Å². The van der Waals surface area contributed by atoms with Crippen molar-refractivity contribution < 1.29 is 19.1 Å². The van der Waals surface area contributed by atoms with E-state index in [1.54, 1.807) is 26.0 Å². The van der Waals surface area contributed by atoms with Gasteiger partial charge in [-0.05, 0) is 63.3 Å². The predicted molar refractivity (Wildman–Crippen MR) is 95.7 cm³/mol. The molecule has 0 aliphatic carbocycles. The highest BCUT2D eigenvalue weighted by atomic mass is 16.5. The van der Waals surface area contributed by atoms with E-state index in [0.29, 0.717) is 18.1 Å². The lowest BCUT2D eigenvalue weighted by Gasteiger charge is -2.24. The summed E-state index contributed by atoms with van der Waals surface area (Å²) in [6, 6.07) is 6.40. The molecule has 2 aliphatic rings. The van der Waals surface area contributed by atoms with Crippen LogP contribution in [0.3, 0.4) is 0 Å². The highest BCUT2D eigenvalue weighted by molar-refractivity contribution is 6.03. The number of Topliss-reactive ketones (excluding diaryl/α,β-unsaturated/α-hetero) is 1. The maximum atomic E-state index is 12.1. The largest absolute Gasteiger partial charge is 0.494 e. The Morgan fingerprint density at radius 3 is 2.62 bits per heavy atom. The first-order chi connectivity index (χ1) is 12.5. The SMILES string of the molecule is CC(=O)c1ccc(OCCC[C@@H]2CCN(N3C(=O)N[C@@H](C)C3=O)C2)cc1. The van der Waals surface area contributed by atoms with E-state index in [1.807, 2.05) is 17.1 Å². The lowest BCUT2D eigenvalue weighted by molar-refractivity contribution is -0.137. The number of urea groups is 1. The molecule has 7 heteroatoms. The number of hydrogen-bond donors (Lipinski definition) is 1. The molecule has 26 heavy (non-hydrogen) atoms. The third kappa shape index (κ3) is 4.04. The summed E-state index contributed by atoms with van der Waals surface area (Å²) in [5, 5.41) is 5.76. The fourth-order valence-electron chi connectivity index (χ4n) is 3.44. The third-order valence-electron chi connectivity index (χ3n) is 4.95. The molecule has 0 radical (unpaired) electrons. The maximum absolute atomic E-state index is 12.1. The molecule has 2 fully saturated rings. The van der Waals surface area contributed by atoms with Crippen molar-refractivity contribution >= 4 is 17.7 Å². The number of ether oxygens (including phenoxy) is 1. The minimum absolute atomic E-state index is 0.0434. The molecule has 3 rings (SSSR count). The summed E-state index contributed by atoms with van der Waals surface area (Å²) in [6.45, 7) is 5.30. The third-order valence-corrected chi connectivity index (χ3v) is 4.95. The summed E-state index contributed by atoms with van der Waals surface area (Å²) in [5.74, 6) is 1.08. The van der Waals surface area contributed by atoms with Gasteiger partial charge in [-0.3, -0.25) is 9.59 Å². The Balaban J connectivity index is 1.39. The van der Waals surface area contributed by atoms with Crippen LogP contribution in [0.5, 0.6) is 5.75 Å². The molecule has 1 N–H and O–H groups in total. The second-order valence-corrected chi connectivity index (χ2v) is 6.96. The Kier molecular flexibility index (Phi) is 5.56. The van der Waals surface area contributed by atoms with Gasteiger partial charge in [-0.2, -0.15) is 5.01 Å². The van der Waals surface area contributed by atoms with E-state index in [1.165, 1.54) is 5.01 Å². The van der Waals surface area contributed by atoms with Gasteiger partial charge in [0.25, 0.3) is 5.91 Å². The summed E-state index contributed by atoms with van der Waals surface area (Å²) in [4.78, 5) is 35.2. The topological polar surface area (TPSA) is 79.0 Å². The molecule has 0 aromatic heterocycles. The van der Waals surface area contributed by atoms with E-state index in [9.17, 15) is 14.4 Å². The van der Waals surface area contributed by atoms with Crippen LogP contribution in [-0.4, -0.2) is 53.5 Å². The zero-order valence-electron chi connectivity index (χ0n) is 15.2. The lowest BCUT2D eigenvalue weighted by atomic mass is 10.0. The van der Waals surface area contributed by atoms with Crippen molar-refractivity contribution in [1.82, 2.24) is 15.3 Å². The summed E-state index contributed by atoms with van der Waals surface area (Å²) >= 11 is 0. The van der Waals surface area contributed by atoms with Gasteiger partial charge >= 0.3 is 6.03 Å². The second-order valence-electron chi connectivity index (χ2n) is 6.96. The molecule has 2 aliphatic heterocycles. The molecule has 2 heterocycles. The number of nitrogens with zero attached hydrogens (tertiary/aromatic N) is 2. The van der Waals surface area contributed by atoms with Gasteiger partial charge in [0.1, 0.15) is 11.8 Å². The number of benzene rings is 1. The molecule has 7 nitrogen and oxygen atoms in total. The minimum atomic E-state index is -0.440. The van der Waals surface area contributed by atoms with Gasteiger partial charge < -0.3 is 10.1 Å². The standard InChI is InChI=1S/C19H25N3O4/c1-13-18(24)22(19(25)20-13)21-10-9-15(12-21)4-3-11-26-17-7-5-16(6-8-17)14(2)23/h5-8,13,15H,3-4,9-12H2,1-2H3,(H,20,25)/t13-,15+/m0/s1. The van der Waals surface area contributed by atoms with Crippen LogP contribution in [0.25, 0.3) is 0 Å². The van der Waals surface area contributed by atoms with E-state index in [-0.39, 0.29) is 17.7 Å². The Hall–Kier alpha value is -2.41. The first-order valence-electron chi connectivity index (χ1n) is 9.09. The zero-order valence-corrected chi connectivity index (χ0v) is 15.2. The molecule has 0 bridgehead atoms. The summed E-state index contributed by atoms with van der Waals surface area (Å²) < 4.78 is 5.72. The van der Waals surface area contributed by atoms with Gasteiger partial charge in [0, 0.05) is 18.7 Å². The monoisotopic (exact) mass is 359 g/mol. The number of hydrogen-bond acceptors (Lipinski definition) is 5. The Morgan fingerprint density at radius 1 is 1.27 bits per heavy atom. The van der Waals surface area contributed by atoms with Crippen LogP contribution in [0, 0.1) is 5.92 Å². The zero-order chi connectivity index (χ0) is 18.7. The number of nitrogens with one attached hydrogen (secondary N) is 1. The molecule has 3 amide bonds. The molecular weight excluding hydrogens is 334 g/mol. The molecule has 1 aromatic rings. The number of hydrazine groups is 1. The van der Waals surface area contributed by atoms with Crippen molar-refractivity contribution in [3.05, 3.63) is 29.8 Å². The van der Waals surface area contributed by atoms with Gasteiger partial charge in [0.15, 0.2) is 5.78 Å². The van der Waals surface area contributed by atoms with Crippen molar-refractivity contribution in [2.45, 2.75) is 39.2 Å². The van der Waals surface area contributed by atoms with Gasteiger partial charge in [-0.15, -0.1) is 0 Å². The maximum Gasteiger partial charge on any atom is 0.339 e. The smallest absolute Gasteiger partial charge is 0.339 e. The van der Waals surface area contributed by atoms with Crippen molar-refractivity contribution in [3.63, 3.8) is 0 Å². The predicted octanol–water partition coefficient (Wildman–Crippen LogP) is 2.23. The van der Waals surface area contributed by atoms with E-state index in [0.717, 1.165) is 38.1 Å². The number of ketones is 1. The Morgan fingerprint density at radius 2 is 2.00 bits per heavy atom. The highest BCUT2D eigenvalue weighted by Crippen LogP contribution is 2.24. The number of amides is 3. The molecule has 0 spiro atoms. The average molecular weight is 359 g/mol. The molecule has 140 valence electrons. The number of carbonyl (C=O) groups is 3. The first-order valence-corrected chi connectivity index (χ1v) is 9.09. The second kappa shape index (κ2) is 7.86. The van der Waals surface area contributed by atoms with Crippen LogP contribution in [0.4, 0.5) is 4.79 Å². The summed E-state index contributed by atoms with van der Waals surface area (Å²) in [5.41, 5.74) is 0.679. The lowest BCUT2D eigenvalue weighted by Crippen LogP contribution is -2.45. The summed E-state index contributed by atoms with van der Waals surface area (Å²) in [7, 11) is 0. The Bertz CT molecular complexity index is 689. The molecule has 1 aromatic carbocycles. The number of carbonyl (C=O) groups excluding carboxylic acids is 3. The summed E-state index contributed by atoms with van der Waals surface area (Å²) in [6.07, 6.45) is 2.86. The van der Waals surface area contributed by atoms with Crippen molar-refractivity contribution in [1.29, 1.82) is 0 Å². The number of rotatable bonds is 7. The van der Waals surface area contributed by atoms with Gasteiger partial charge in [0.2, 0.25) is 0 Å². The van der Waals surface area contributed by atoms with Crippen LogP contribution in [0.1, 0.15) is 43.5 Å².